The summed E-state index contributed by atoms with van der Waals surface area (Å²) in [4.78, 5) is 8.50. The summed E-state index contributed by atoms with van der Waals surface area (Å²) >= 11 is 1.79. The maximum Gasteiger partial charge on any atom is 0.191 e. The highest BCUT2D eigenvalue weighted by atomic mass is 32.2. The maximum atomic E-state index is 14.3. The van der Waals surface area contributed by atoms with Gasteiger partial charge in [0.05, 0.1) is 12.7 Å². The molecule has 0 fully saturated rings. The molecule has 0 bridgehead atoms. The molecule has 0 radical (unpaired) electrons. The van der Waals surface area contributed by atoms with E-state index in [9.17, 15) is 4.39 Å². The van der Waals surface area contributed by atoms with Crippen LogP contribution >= 0.6 is 11.8 Å². The van der Waals surface area contributed by atoms with Gasteiger partial charge < -0.3 is 15.4 Å². The number of hydrogen-bond acceptors (Lipinski definition) is 4. The zero-order chi connectivity index (χ0) is 19.7. The smallest absolute Gasteiger partial charge is 0.191 e. The molecule has 0 aliphatic carbocycles. The Hall–Kier alpha value is -2.28. The van der Waals surface area contributed by atoms with Crippen LogP contribution in [0.2, 0.25) is 0 Å². The third-order valence-corrected chi connectivity index (χ3v) is 5.11. The first kappa shape index (κ1) is 21.0. The molecule has 2 rings (SSSR count). The van der Waals surface area contributed by atoms with Gasteiger partial charge in [-0.1, -0.05) is 6.07 Å². The molecule has 0 aliphatic heterocycles. The van der Waals surface area contributed by atoms with Crippen LogP contribution in [0.3, 0.4) is 0 Å². The molecular weight excluding hydrogens is 363 g/mol. The quantitative estimate of drug-likeness (QED) is 0.522. The molecule has 0 unspecified atom stereocenters. The maximum absolute atomic E-state index is 14.3. The van der Waals surface area contributed by atoms with Crippen molar-refractivity contribution >= 4 is 17.7 Å². The predicted octanol–water partition coefficient (Wildman–Crippen LogP) is 4.21. The molecule has 1 aromatic heterocycles. The summed E-state index contributed by atoms with van der Waals surface area (Å²) in [5.41, 5.74) is 0.771. The molecule has 7 heteroatoms. The Balaban J connectivity index is 2.02. The second-order valence-electron chi connectivity index (χ2n) is 6.57. The van der Waals surface area contributed by atoms with E-state index >= 15 is 0 Å². The fourth-order valence-electron chi connectivity index (χ4n) is 2.14. The number of guanidine groups is 1. The summed E-state index contributed by atoms with van der Waals surface area (Å²) in [6.45, 7) is 8.28. The van der Waals surface area contributed by atoms with Crippen LogP contribution in [-0.4, -0.2) is 35.0 Å². The van der Waals surface area contributed by atoms with Gasteiger partial charge in [-0.15, -0.1) is 0 Å². The van der Waals surface area contributed by atoms with Crippen molar-refractivity contribution < 1.29 is 9.13 Å². The molecule has 27 heavy (non-hydrogen) atoms. The van der Waals surface area contributed by atoms with Gasteiger partial charge in [0.2, 0.25) is 0 Å². The van der Waals surface area contributed by atoms with Gasteiger partial charge in [0.15, 0.2) is 17.5 Å². The average molecular weight is 391 g/mol. The van der Waals surface area contributed by atoms with Crippen molar-refractivity contribution in [3.8, 4) is 11.5 Å². The highest BCUT2D eigenvalue weighted by molar-refractivity contribution is 7.99. The van der Waals surface area contributed by atoms with Crippen molar-refractivity contribution in [2.24, 2.45) is 4.99 Å². The van der Waals surface area contributed by atoms with E-state index in [2.05, 4.69) is 40.7 Å². The Kier molecular flexibility index (Phi) is 7.91. The average Bonchev–Trinajstić information content (AvgIpc) is 2.67. The SMILES string of the molecule is CCNC(=NCc1ccc(Oc2cccnc2)c(F)c1)NCC(C)(C)SC. The Morgan fingerprint density at radius 3 is 2.74 bits per heavy atom. The van der Waals surface area contributed by atoms with Gasteiger partial charge in [-0.3, -0.25) is 4.98 Å². The number of ether oxygens (including phenoxy) is 1. The van der Waals surface area contributed by atoms with Gasteiger partial charge in [0.1, 0.15) is 5.75 Å². The number of halogens is 1. The molecule has 0 aliphatic rings. The Morgan fingerprint density at radius 1 is 1.30 bits per heavy atom. The molecule has 5 nitrogen and oxygen atoms in total. The van der Waals surface area contributed by atoms with Crippen molar-refractivity contribution in [1.82, 2.24) is 15.6 Å². The molecule has 0 atom stereocenters. The third-order valence-electron chi connectivity index (χ3n) is 3.86. The van der Waals surface area contributed by atoms with Crippen LogP contribution in [0.4, 0.5) is 4.39 Å². The van der Waals surface area contributed by atoms with Gasteiger partial charge in [-0.2, -0.15) is 11.8 Å². The number of thioether (sulfide) groups is 1. The molecule has 0 saturated heterocycles. The molecular formula is C20H27FN4OS. The highest BCUT2D eigenvalue weighted by Gasteiger charge is 2.16. The fraction of sp³-hybridized carbons (Fsp3) is 0.400. The first-order valence-electron chi connectivity index (χ1n) is 8.87. The van der Waals surface area contributed by atoms with Gasteiger partial charge in [0, 0.05) is 24.0 Å². The minimum absolute atomic E-state index is 0.105. The number of pyridine rings is 1. The van der Waals surface area contributed by atoms with E-state index < -0.39 is 5.82 Å². The molecule has 2 aromatic rings. The Bertz CT molecular complexity index is 753. The number of aliphatic imine (C=N–C) groups is 1. The van der Waals surface area contributed by atoms with E-state index in [1.165, 1.54) is 6.07 Å². The minimum atomic E-state index is -0.423. The zero-order valence-electron chi connectivity index (χ0n) is 16.3. The first-order valence-corrected chi connectivity index (χ1v) is 10.1. The molecule has 0 amide bonds. The third kappa shape index (κ3) is 7.09. The lowest BCUT2D eigenvalue weighted by Crippen LogP contribution is -2.43. The summed E-state index contributed by atoms with van der Waals surface area (Å²) in [5.74, 6) is 0.962. The fourth-order valence-corrected chi connectivity index (χ4v) is 2.36. The number of nitrogens with one attached hydrogen (secondary N) is 2. The number of aromatic nitrogens is 1. The van der Waals surface area contributed by atoms with E-state index in [1.54, 1.807) is 42.4 Å². The number of nitrogens with zero attached hydrogens (tertiary/aromatic N) is 2. The van der Waals surface area contributed by atoms with Crippen molar-refractivity contribution in [1.29, 1.82) is 0 Å². The van der Waals surface area contributed by atoms with Gasteiger partial charge in [0.25, 0.3) is 0 Å². The second kappa shape index (κ2) is 10.2. The van der Waals surface area contributed by atoms with E-state index in [0.29, 0.717) is 12.3 Å². The van der Waals surface area contributed by atoms with Crippen LogP contribution < -0.4 is 15.4 Å². The van der Waals surface area contributed by atoms with E-state index in [4.69, 9.17) is 4.74 Å². The van der Waals surface area contributed by atoms with Crippen LogP contribution in [0.5, 0.6) is 11.5 Å². The second-order valence-corrected chi connectivity index (χ2v) is 8.08. The summed E-state index contributed by atoms with van der Waals surface area (Å²) in [7, 11) is 0. The predicted molar refractivity (Wildman–Crippen MR) is 111 cm³/mol. The van der Waals surface area contributed by atoms with E-state index in [0.717, 1.165) is 24.6 Å². The first-order chi connectivity index (χ1) is 12.9. The van der Waals surface area contributed by atoms with Crippen LogP contribution in [0.25, 0.3) is 0 Å². The lowest BCUT2D eigenvalue weighted by atomic mass is 10.2. The van der Waals surface area contributed by atoms with Crippen LogP contribution in [0.15, 0.2) is 47.7 Å². The molecule has 1 heterocycles. The molecule has 0 saturated carbocycles. The van der Waals surface area contributed by atoms with Gasteiger partial charge in [-0.05, 0) is 56.9 Å². The molecule has 0 spiro atoms. The van der Waals surface area contributed by atoms with Crippen molar-refractivity contribution in [2.45, 2.75) is 32.1 Å². The van der Waals surface area contributed by atoms with Crippen LogP contribution in [0, 0.1) is 5.82 Å². The lowest BCUT2D eigenvalue weighted by molar-refractivity contribution is 0.440. The molecule has 1 aromatic carbocycles. The highest BCUT2D eigenvalue weighted by Crippen LogP contribution is 2.24. The molecule has 146 valence electrons. The van der Waals surface area contributed by atoms with Gasteiger partial charge >= 0.3 is 0 Å². The van der Waals surface area contributed by atoms with Crippen molar-refractivity contribution in [3.63, 3.8) is 0 Å². The number of rotatable bonds is 8. The standard InChI is InChI=1S/C20H27FN4OS/c1-5-23-19(25-14-20(2,3)27-4)24-12-15-8-9-18(17(21)11-15)26-16-7-6-10-22-13-16/h6-11,13H,5,12,14H2,1-4H3,(H2,23,24,25). The summed E-state index contributed by atoms with van der Waals surface area (Å²) in [6, 6.07) is 8.35. The van der Waals surface area contributed by atoms with E-state index in [1.807, 2.05) is 13.0 Å². The monoisotopic (exact) mass is 390 g/mol. The molecule has 2 N–H and O–H groups in total. The van der Waals surface area contributed by atoms with Crippen LogP contribution in [0.1, 0.15) is 26.3 Å². The van der Waals surface area contributed by atoms with Crippen LogP contribution in [-0.2, 0) is 6.54 Å². The minimum Gasteiger partial charge on any atom is -0.453 e. The zero-order valence-corrected chi connectivity index (χ0v) is 17.1. The van der Waals surface area contributed by atoms with Crippen molar-refractivity contribution in [2.75, 3.05) is 19.3 Å². The Morgan fingerprint density at radius 2 is 2.11 bits per heavy atom. The van der Waals surface area contributed by atoms with Crippen molar-refractivity contribution in [3.05, 3.63) is 54.1 Å². The summed E-state index contributed by atoms with van der Waals surface area (Å²) in [5, 5.41) is 6.55. The summed E-state index contributed by atoms with van der Waals surface area (Å²) in [6.07, 6.45) is 5.27. The number of benzene rings is 1. The Labute approximate surface area is 164 Å². The lowest BCUT2D eigenvalue weighted by Gasteiger charge is -2.23. The normalized spacial score (nSPS) is 12.0. The largest absolute Gasteiger partial charge is 0.453 e. The summed E-state index contributed by atoms with van der Waals surface area (Å²) < 4.78 is 20.0. The van der Waals surface area contributed by atoms with Gasteiger partial charge in [-0.25, -0.2) is 9.38 Å². The topological polar surface area (TPSA) is 58.5 Å². The number of hydrogen-bond donors (Lipinski definition) is 2. The van der Waals surface area contributed by atoms with E-state index in [-0.39, 0.29) is 10.5 Å².